The molecular weight excluding hydrogens is 300 g/mol. The second-order valence-corrected chi connectivity index (χ2v) is 5.47. The van der Waals surface area contributed by atoms with E-state index in [4.69, 9.17) is 9.47 Å². The highest BCUT2D eigenvalue weighted by Crippen LogP contribution is 2.22. The number of rotatable bonds is 5. The van der Waals surface area contributed by atoms with Gasteiger partial charge >= 0.3 is 0 Å². The minimum Gasteiger partial charge on any atom is -0.497 e. The Morgan fingerprint density at radius 1 is 0.833 bits per heavy atom. The second kappa shape index (κ2) is 7.04. The molecule has 3 aromatic carbocycles. The highest BCUT2D eigenvalue weighted by molar-refractivity contribution is 6.02. The molecule has 4 heteroatoms. The Bertz CT molecular complexity index is 888. The van der Waals surface area contributed by atoms with Crippen molar-refractivity contribution in [2.75, 3.05) is 19.6 Å². The molecule has 0 aliphatic rings. The molecule has 3 aromatic rings. The first-order valence-corrected chi connectivity index (χ1v) is 7.72. The first-order chi connectivity index (χ1) is 11.7. The van der Waals surface area contributed by atoms with Gasteiger partial charge in [-0.05, 0) is 53.6 Å². The van der Waals surface area contributed by atoms with Gasteiger partial charge in [-0.25, -0.2) is 0 Å². The van der Waals surface area contributed by atoms with E-state index in [1.165, 1.54) is 0 Å². The molecule has 0 aliphatic carbocycles. The van der Waals surface area contributed by atoms with Gasteiger partial charge in [0.1, 0.15) is 11.5 Å². The number of benzene rings is 3. The predicted octanol–water partition coefficient (Wildman–Crippen LogP) is 4.69. The fraction of sp³-hybridized carbons (Fsp3) is 0.150. The number of hydrogen-bond donors (Lipinski definition) is 1. The molecule has 0 bridgehead atoms. The number of hydrazone groups is 1. The molecular formula is C20H20N2O2. The Morgan fingerprint density at radius 2 is 1.54 bits per heavy atom. The third-order valence-corrected chi connectivity index (χ3v) is 3.89. The minimum atomic E-state index is 0.799. The summed E-state index contributed by atoms with van der Waals surface area (Å²) in [5.41, 5.74) is 5.94. The molecule has 1 N–H and O–H groups in total. The summed E-state index contributed by atoms with van der Waals surface area (Å²) in [7, 11) is 3.33. The first-order valence-electron chi connectivity index (χ1n) is 7.72. The highest BCUT2D eigenvalue weighted by Gasteiger charge is 2.02. The molecule has 0 unspecified atom stereocenters. The maximum Gasteiger partial charge on any atom is 0.120 e. The molecule has 0 aliphatic heterocycles. The van der Waals surface area contributed by atoms with Gasteiger partial charge in [0, 0.05) is 6.07 Å². The van der Waals surface area contributed by atoms with Crippen molar-refractivity contribution in [3.63, 3.8) is 0 Å². The number of methoxy groups -OCH3 is 2. The van der Waals surface area contributed by atoms with Crippen molar-refractivity contribution in [1.29, 1.82) is 0 Å². The number of hydrogen-bond acceptors (Lipinski definition) is 4. The fourth-order valence-corrected chi connectivity index (χ4v) is 2.48. The molecule has 3 rings (SSSR count). The molecule has 0 radical (unpaired) electrons. The average Bonchev–Trinajstić information content (AvgIpc) is 2.65. The summed E-state index contributed by atoms with van der Waals surface area (Å²) in [5, 5.41) is 6.77. The van der Waals surface area contributed by atoms with Crippen molar-refractivity contribution >= 4 is 22.2 Å². The van der Waals surface area contributed by atoms with Crippen LogP contribution >= 0.6 is 0 Å². The van der Waals surface area contributed by atoms with Crippen LogP contribution in [-0.2, 0) is 0 Å². The number of fused-ring (bicyclic) bond motifs is 1. The van der Waals surface area contributed by atoms with E-state index in [0.717, 1.165) is 39.2 Å². The Hall–Kier alpha value is -3.01. The standard InChI is InChI=1S/C20H20N2O2/c1-14(21-22-18-5-4-6-19(13-18)23-2)15-7-8-17-12-20(24-3)10-9-16(17)11-15/h4-13,22H,1-3H3/b21-14+. The van der Waals surface area contributed by atoms with E-state index in [1.54, 1.807) is 14.2 Å². The lowest BCUT2D eigenvalue weighted by molar-refractivity contribution is 0.415. The third-order valence-electron chi connectivity index (χ3n) is 3.89. The molecule has 0 aromatic heterocycles. The molecule has 0 saturated heterocycles. The summed E-state index contributed by atoms with van der Waals surface area (Å²) < 4.78 is 10.5. The summed E-state index contributed by atoms with van der Waals surface area (Å²) in [6.07, 6.45) is 0. The van der Waals surface area contributed by atoms with E-state index in [9.17, 15) is 0 Å². The summed E-state index contributed by atoms with van der Waals surface area (Å²) in [6, 6.07) is 20.0. The van der Waals surface area contributed by atoms with Gasteiger partial charge in [0.2, 0.25) is 0 Å². The molecule has 122 valence electrons. The lowest BCUT2D eigenvalue weighted by Gasteiger charge is -2.07. The largest absolute Gasteiger partial charge is 0.497 e. The van der Waals surface area contributed by atoms with Crippen LogP contribution in [0.15, 0.2) is 65.8 Å². The van der Waals surface area contributed by atoms with Crippen LogP contribution in [0.3, 0.4) is 0 Å². The lowest BCUT2D eigenvalue weighted by Crippen LogP contribution is -2.00. The molecule has 0 saturated carbocycles. The van der Waals surface area contributed by atoms with Crippen molar-refractivity contribution in [3.05, 3.63) is 66.2 Å². The number of anilines is 1. The Kier molecular flexibility index (Phi) is 4.66. The van der Waals surface area contributed by atoms with E-state index >= 15 is 0 Å². The summed E-state index contributed by atoms with van der Waals surface area (Å²) in [6.45, 7) is 1.98. The van der Waals surface area contributed by atoms with Crippen molar-refractivity contribution < 1.29 is 9.47 Å². The van der Waals surface area contributed by atoms with Crippen LogP contribution in [0.2, 0.25) is 0 Å². The zero-order valence-electron chi connectivity index (χ0n) is 14.0. The number of ether oxygens (including phenoxy) is 2. The maximum atomic E-state index is 5.26. The molecule has 0 spiro atoms. The molecule has 0 heterocycles. The van der Waals surface area contributed by atoms with Gasteiger partial charge in [-0.15, -0.1) is 0 Å². The zero-order valence-corrected chi connectivity index (χ0v) is 14.0. The Morgan fingerprint density at radius 3 is 2.33 bits per heavy atom. The van der Waals surface area contributed by atoms with Gasteiger partial charge in [-0.3, -0.25) is 5.43 Å². The lowest BCUT2D eigenvalue weighted by atomic mass is 10.0. The molecule has 0 atom stereocenters. The van der Waals surface area contributed by atoms with Crippen LogP contribution in [0.25, 0.3) is 10.8 Å². The van der Waals surface area contributed by atoms with Gasteiger partial charge in [0.05, 0.1) is 25.6 Å². The summed E-state index contributed by atoms with van der Waals surface area (Å²) in [4.78, 5) is 0. The van der Waals surface area contributed by atoms with E-state index in [-0.39, 0.29) is 0 Å². The molecule has 0 amide bonds. The van der Waals surface area contributed by atoms with Crippen LogP contribution in [0.5, 0.6) is 11.5 Å². The Balaban J connectivity index is 1.83. The zero-order chi connectivity index (χ0) is 16.9. The summed E-state index contributed by atoms with van der Waals surface area (Å²) >= 11 is 0. The van der Waals surface area contributed by atoms with Crippen molar-refractivity contribution in [1.82, 2.24) is 0 Å². The normalized spacial score (nSPS) is 11.4. The van der Waals surface area contributed by atoms with Gasteiger partial charge in [0.15, 0.2) is 0 Å². The topological polar surface area (TPSA) is 42.8 Å². The average molecular weight is 320 g/mol. The quantitative estimate of drug-likeness (QED) is 0.547. The number of nitrogens with one attached hydrogen (secondary N) is 1. The molecule has 0 fully saturated rings. The van der Waals surface area contributed by atoms with E-state index in [2.05, 4.69) is 34.8 Å². The SMILES string of the molecule is COc1cccc(N/N=C(\C)c2ccc3cc(OC)ccc3c2)c1. The van der Waals surface area contributed by atoms with Crippen LogP contribution in [0.1, 0.15) is 12.5 Å². The van der Waals surface area contributed by atoms with Gasteiger partial charge in [-0.1, -0.05) is 24.3 Å². The summed E-state index contributed by atoms with van der Waals surface area (Å²) in [5.74, 6) is 1.66. The predicted molar refractivity (Wildman–Crippen MR) is 99.3 cm³/mol. The monoisotopic (exact) mass is 320 g/mol. The first kappa shape index (κ1) is 15.9. The smallest absolute Gasteiger partial charge is 0.120 e. The highest BCUT2D eigenvalue weighted by atomic mass is 16.5. The van der Waals surface area contributed by atoms with E-state index in [0.29, 0.717) is 0 Å². The van der Waals surface area contributed by atoms with Gasteiger partial charge in [0.25, 0.3) is 0 Å². The third kappa shape index (κ3) is 3.49. The van der Waals surface area contributed by atoms with Gasteiger partial charge < -0.3 is 9.47 Å². The maximum absolute atomic E-state index is 5.26. The van der Waals surface area contributed by atoms with Crippen LogP contribution < -0.4 is 14.9 Å². The molecule has 24 heavy (non-hydrogen) atoms. The van der Waals surface area contributed by atoms with E-state index < -0.39 is 0 Å². The second-order valence-electron chi connectivity index (χ2n) is 5.47. The van der Waals surface area contributed by atoms with Crippen LogP contribution in [0.4, 0.5) is 5.69 Å². The van der Waals surface area contributed by atoms with Crippen molar-refractivity contribution in [2.24, 2.45) is 5.10 Å². The minimum absolute atomic E-state index is 0.799. The number of nitrogens with zero attached hydrogens (tertiary/aromatic N) is 1. The fourth-order valence-electron chi connectivity index (χ4n) is 2.48. The Labute approximate surface area is 141 Å². The molecule has 4 nitrogen and oxygen atoms in total. The van der Waals surface area contributed by atoms with Crippen molar-refractivity contribution in [2.45, 2.75) is 6.92 Å². The van der Waals surface area contributed by atoms with Gasteiger partial charge in [-0.2, -0.15) is 5.10 Å². The van der Waals surface area contributed by atoms with Crippen molar-refractivity contribution in [3.8, 4) is 11.5 Å². The van der Waals surface area contributed by atoms with E-state index in [1.807, 2.05) is 43.3 Å². The van der Waals surface area contributed by atoms with Crippen LogP contribution in [-0.4, -0.2) is 19.9 Å². The van der Waals surface area contributed by atoms with Crippen LogP contribution in [0, 0.1) is 0 Å².